The molecular formula is C11H14BrNO5S2. The van der Waals surface area contributed by atoms with Crippen LogP contribution in [0.1, 0.15) is 35.4 Å². The number of carbonyl (C=O) groups is 1. The summed E-state index contributed by atoms with van der Waals surface area (Å²) in [5.74, 6) is -1.17. The molecule has 1 heterocycles. The van der Waals surface area contributed by atoms with Crippen LogP contribution in [-0.4, -0.2) is 36.7 Å². The predicted molar refractivity (Wildman–Crippen MR) is 77.6 cm³/mol. The van der Waals surface area contributed by atoms with Crippen molar-refractivity contribution < 1.29 is 23.4 Å². The fourth-order valence-electron chi connectivity index (χ4n) is 2.15. The van der Waals surface area contributed by atoms with Gasteiger partial charge in [-0.2, -0.15) is 0 Å². The van der Waals surface area contributed by atoms with Gasteiger partial charge in [0.15, 0.2) is 0 Å². The van der Waals surface area contributed by atoms with Gasteiger partial charge in [-0.3, -0.25) is 0 Å². The second kappa shape index (κ2) is 6.10. The maximum Gasteiger partial charge on any atom is 0.345 e. The fourth-order valence-corrected chi connectivity index (χ4v) is 5.86. The number of carboxylic acid groups (broad SMARTS) is 1. The molecule has 1 aliphatic rings. The maximum absolute atomic E-state index is 12.3. The molecule has 0 bridgehead atoms. The molecule has 3 N–H and O–H groups in total. The molecular weight excluding hydrogens is 370 g/mol. The van der Waals surface area contributed by atoms with Gasteiger partial charge in [-0.25, -0.2) is 17.9 Å². The van der Waals surface area contributed by atoms with Crippen LogP contribution in [0, 0.1) is 0 Å². The minimum Gasteiger partial charge on any atom is -0.477 e. The molecule has 0 aromatic carbocycles. The number of carboxylic acids is 1. The highest BCUT2D eigenvalue weighted by Crippen LogP contribution is 2.32. The summed E-state index contributed by atoms with van der Waals surface area (Å²) in [6.07, 6.45) is 2.18. The smallest absolute Gasteiger partial charge is 0.345 e. The fraction of sp³-hybridized carbons (Fsp3) is 0.545. The largest absolute Gasteiger partial charge is 0.477 e. The van der Waals surface area contributed by atoms with E-state index in [-0.39, 0.29) is 13.6 Å². The molecule has 2 atom stereocenters. The lowest BCUT2D eigenvalue weighted by Crippen LogP contribution is -2.44. The van der Waals surface area contributed by atoms with E-state index in [4.69, 9.17) is 5.11 Å². The summed E-state index contributed by atoms with van der Waals surface area (Å²) in [6, 6.07) is 0.600. The molecule has 1 aromatic rings. The summed E-state index contributed by atoms with van der Waals surface area (Å²) in [5, 5.41) is 18.7. The van der Waals surface area contributed by atoms with E-state index in [1.807, 2.05) is 0 Å². The first-order valence-corrected chi connectivity index (χ1v) is 9.13. The van der Waals surface area contributed by atoms with Crippen LogP contribution < -0.4 is 4.72 Å². The second-order valence-corrected chi connectivity index (χ2v) is 8.69. The highest BCUT2D eigenvalue weighted by Gasteiger charge is 2.30. The predicted octanol–water partition coefficient (Wildman–Crippen LogP) is 1.79. The number of aromatic carboxylic acids is 1. The zero-order valence-corrected chi connectivity index (χ0v) is 13.6. The monoisotopic (exact) mass is 383 g/mol. The molecule has 0 aliphatic heterocycles. The lowest BCUT2D eigenvalue weighted by Gasteiger charge is -2.27. The maximum atomic E-state index is 12.3. The van der Waals surface area contributed by atoms with E-state index in [1.165, 1.54) is 0 Å². The molecule has 6 nitrogen and oxygen atoms in total. The number of thiophene rings is 1. The Bertz CT molecular complexity index is 612. The summed E-state index contributed by atoms with van der Waals surface area (Å²) in [6.45, 7) is 0. The number of aliphatic hydroxyl groups is 1. The van der Waals surface area contributed by atoms with Crippen molar-refractivity contribution >= 4 is 43.3 Å². The van der Waals surface area contributed by atoms with Gasteiger partial charge in [0.25, 0.3) is 0 Å². The van der Waals surface area contributed by atoms with Gasteiger partial charge < -0.3 is 10.2 Å². The van der Waals surface area contributed by atoms with Gasteiger partial charge in [0.2, 0.25) is 10.0 Å². The number of aliphatic hydroxyl groups excluding tert-OH is 1. The number of rotatable bonds is 4. The van der Waals surface area contributed by atoms with Crippen LogP contribution in [-0.2, 0) is 10.0 Å². The lowest BCUT2D eigenvalue weighted by molar-refractivity contribution is 0.0702. The van der Waals surface area contributed by atoms with Gasteiger partial charge in [0.1, 0.15) is 9.77 Å². The summed E-state index contributed by atoms with van der Waals surface area (Å²) >= 11 is 3.92. The topological polar surface area (TPSA) is 104 Å². The molecule has 1 aliphatic carbocycles. The van der Waals surface area contributed by atoms with E-state index in [1.54, 1.807) is 0 Å². The van der Waals surface area contributed by atoms with Crippen molar-refractivity contribution in [3.05, 3.63) is 14.7 Å². The summed E-state index contributed by atoms with van der Waals surface area (Å²) < 4.78 is 27.2. The molecule has 112 valence electrons. The van der Waals surface area contributed by atoms with E-state index in [0.29, 0.717) is 12.8 Å². The zero-order valence-electron chi connectivity index (χ0n) is 10.4. The van der Waals surface area contributed by atoms with Crippen LogP contribution >= 0.6 is 27.3 Å². The van der Waals surface area contributed by atoms with Crippen molar-refractivity contribution in [3.63, 3.8) is 0 Å². The molecule has 0 saturated heterocycles. The number of hydrogen-bond acceptors (Lipinski definition) is 5. The molecule has 1 aromatic heterocycles. The molecule has 1 saturated carbocycles. The molecule has 0 radical (unpaired) electrons. The normalized spacial score (nSPS) is 23.7. The van der Waals surface area contributed by atoms with Crippen molar-refractivity contribution in [2.24, 2.45) is 0 Å². The van der Waals surface area contributed by atoms with Gasteiger partial charge in [0.05, 0.1) is 9.89 Å². The number of nitrogens with one attached hydrogen (secondary N) is 1. The molecule has 1 fully saturated rings. The van der Waals surface area contributed by atoms with Crippen molar-refractivity contribution in [3.8, 4) is 0 Å². The third kappa shape index (κ3) is 3.40. The van der Waals surface area contributed by atoms with E-state index in [9.17, 15) is 18.3 Å². The third-order valence-electron chi connectivity index (χ3n) is 3.19. The highest BCUT2D eigenvalue weighted by atomic mass is 79.9. The van der Waals surface area contributed by atoms with Crippen molar-refractivity contribution in [1.82, 2.24) is 4.72 Å². The second-order valence-electron chi connectivity index (χ2n) is 4.63. The van der Waals surface area contributed by atoms with Crippen LogP contribution in [0.25, 0.3) is 0 Å². The summed E-state index contributed by atoms with van der Waals surface area (Å²) in [5.41, 5.74) is 0. The Balaban J connectivity index is 2.24. The number of sulfonamides is 1. The minimum absolute atomic E-state index is 0.0542. The molecule has 2 unspecified atom stereocenters. The van der Waals surface area contributed by atoms with E-state index in [2.05, 4.69) is 20.7 Å². The average molecular weight is 384 g/mol. The first-order chi connectivity index (χ1) is 9.31. The Morgan fingerprint density at radius 1 is 1.40 bits per heavy atom. The van der Waals surface area contributed by atoms with E-state index < -0.39 is 28.1 Å². The van der Waals surface area contributed by atoms with Gasteiger partial charge >= 0.3 is 5.97 Å². The first-order valence-electron chi connectivity index (χ1n) is 6.04. The van der Waals surface area contributed by atoms with Gasteiger partial charge in [-0.05, 0) is 34.8 Å². The van der Waals surface area contributed by atoms with Gasteiger partial charge in [-0.1, -0.05) is 12.8 Å². The quantitative estimate of drug-likeness (QED) is 0.735. The number of hydrogen-bond donors (Lipinski definition) is 3. The SMILES string of the molecule is O=C(O)c1cc(S(=O)(=O)NC2CCCCC2O)c(Br)s1. The highest BCUT2D eigenvalue weighted by molar-refractivity contribution is 9.11. The zero-order chi connectivity index (χ0) is 14.9. The van der Waals surface area contributed by atoms with Crippen LogP contribution in [0.2, 0.25) is 0 Å². The van der Waals surface area contributed by atoms with Gasteiger partial charge in [0, 0.05) is 6.04 Å². The van der Waals surface area contributed by atoms with Crippen LogP contribution in [0.15, 0.2) is 14.7 Å². The van der Waals surface area contributed by atoms with Crippen molar-refractivity contribution in [1.29, 1.82) is 0 Å². The van der Waals surface area contributed by atoms with Crippen molar-refractivity contribution in [2.75, 3.05) is 0 Å². The average Bonchev–Trinajstić information content (AvgIpc) is 2.75. The Hall–Kier alpha value is -0.480. The summed E-state index contributed by atoms with van der Waals surface area (Å²) in [7, 11) is -3.85. The molecule has 9 heteroatoms. The van der Waals surface area contributed by atoms with Crippen molar-refractivity contribution in [2.45, 2.75) is 42.7 Å². The minimum atomic E-state index is -3.85. The Kier molecular flexibility index (Phi) is 4.85. The Labute approximate surface area is 129 Å². The van der Waals surface area contributed by atoms with Gasteiger partial charge in [-0.15, -0.1) is 11.3 Å². The Morgan fingerprint density at radius 2 is 2.05 bits per heavy atom. The number of halogens is 1. The van der Waals surface area contributed by atoms with Crippen LogP contribution in [0.4, 0.5) is 0 Å². The Morgan fingerprint density at radius 3 is 2.60 bits per heavy atom. The van der Waals surface area contributed by atoms with E-state index >= 15 is 0 Å². The molecule has 0 spiro atoms. The molecule has 0 amide bonds. The third-order valence-corrected chi connectivity index (χ3v) is 6.92. The lowest BCUT2D eigenvalue weighted by atomic mass is 9.93. The molecule has 20 heavy (non-hydrogen) atoms. The van der Waals surface area contributed by atoms with E-state index in [0.717, 1.165) is 30.2 Å². The first kappa shape index (κ1) is 15.9. The molecule has 2 rings (SSSR count). The standard InChI is InChI=1S/C11H14BrNO5S2/c12-10-9(5-8(19-10)11(15)16)20(17,18)13-6-3-1-2-4-7(6)14/h5-7,13-14H,1-4H2,(H,15,16). The summed E-state index contributed by atoms with van der Waals surface area (Å²) in [4.78, 5) is 10.7. The van der Waals surface area contributed by atoms with Crippen LogP contribution in [0.5, 0.6) is 0 Å². The van der Waals surface area contributed by atoms with Crippen LogP contribution in [0.3, 0.4) is 0 Å².